The van der Waals surface area contributed by atoms with Crippen LogP contribution in [0, 0.1) is 11.7 Å². The summed E-state index contributed by atoms with van der Waals surface area (Å²) in [6.07, 6.45) is 3.79. The smallest absolute Gasteiger partial charge is 0.276 e. The molecule has 2 N–H and O–H groups in total. The highest BCUT2D eigenvalue weighted by atomic mass is 35.5. The zero-order valence-electron chi connectivity index (χ0n) is 20.1. The molecular formula is C26H33ClFN3O4. The molecule has 2 amide bonds. The minimum Gasteiger partial charge on any atom is -0.412 e. The molecule has 0 radical (unpaired) electrons. The van der Waals surface area contributed by atoms with E-state index in [0.717, 1.165) is 31.1 Å². The number of hydrogen-bond acceptors (Lipinski definition) is 4. The van der Waals surface area contributed by atoms with E-state index in [1.54, 1.807) is 12.1 Å². The third kappa shape index (κ3) is 6.58. The van der Waals surface area contributed by atoms with Crippen molar-refractivity contribution in [1.82, 2.24) is 15.0 Å². The molecular weight excluding hydrogens is 473 g/mol. The van der Waals surface area contributed by atoms with E-state index in [1.807, 2.05) is 47.9 Å². The van der Waals surface area contributed by atoms with Gasteiger partial charge in [-0.1, -0.05) is 17.3 Å². The van der Waals surface area contributed by atoms with Gasteiger partial charge in [-0.2, -0.15) is 0 Å². The lowest BCUT2D eigenvalue weighted by Crippen LogP contribution is -2.39. The van der Waals surface area contributed by atoms with Crippen molar-refractivity contribution < 1.29 is 24.0 Å². The summed E-state index contributed by atoms with van der Waals surface area (Å²) in [7, 11) is 0. The van der Waals surface area contributed by atoms with Crippen molar-refractivity contribution in [2.75, 3.05) is 19.6 Å². The zero-order valence-corrected chi connectivity index (χ0v) is 20.9. The molecule has 0 saturated carbocycles. The van der Waals surface area contributed by atoms with Crippen LogP contribution < -0.4 is 0 Å². The first-order valence-electron chi connectivity index (χ1n) is 11.6. The van der Waals surface area contributed by atoms with E-state index >= 15 is 0 Å². The van der Waals surface area contributed by atoms with Gasteiger partial charge in [0, 0.05) is 31.2 Å². The molecule has 1 aliphatic heterocycles. The third-order valence-electron chi connectivity index (χ3n) is 6.47. The Labute approximate surface area is 211 Å². The average Bonchev–Trinajstić information content (AvgIpc) is 3.26. The Morgan fingerprint density at radius 3 is 2.43 bits per heavy atom. The van der Waals surface area contributed by atoms with Crippen molar-refractivity contribution in [3.63, 3.8) is 0 Å². The Morgan fingerprint density at radius 2 is 1.77 bits per heavy atom. The molecule has 0 unspecified atom stereocenters. The summed E-state index contributed by atoms with van der Waals surface area (Å²) in [5.41, 5.74) is 1.51. The highest BCUT2D eigenvalue weighted by Gasteiger charge is 2.26. The molecule has 2 heterocycles. The Morgan fingerprint density at radius 1 is 1.11 bits per heavy atom. The van der Waals surface area contributed by atoms with Gasteiger partial charge in [0.1, 0.15) is 5.82 Å². The Hall–Kier alpha value is -2.97. The number of rotatable bonds is 7. The number of halogens is 2. The van der Waals surface area contributed by atoms with Crippen LogP contribution >= 0.6 is 12.4 Å². The molecule has 1 saturated heterocycles. The highest BCUT2D eigenvalue weighted by molar-refractivity contribution is 6.04. The van der Waals surface area contributed by atoms with E-state index in [4.69, 9.17) is 4.52 Å². The quantitative estimate of drug-likeness (QED) is 0.462. The number of para-hydroxylation sites is 1. The number of benzene rings is 2. The maximum atomic E-state index is 13.2. The largest absolute Gasteiger partial charge is 0.412 e. The molecule has 3 aromatic rings. The molecule has 9 heteroatoms. The molecule has 0 bridgehead atoms. The number of aromatic nitrogens is 1. The second kappa shape index (κ2) is 12.7. The molecule has 2 aromatic carbocycles. The number of hydrogen-bond donors (Lipinski definition) is 0. The number of carbonyl (C=O) groups is 2. The fourth-order valence-electron chi connectivity index (χ4n) is 4.52. The lowest BCUT2D eigenvalue weighted by Gasteiger charge is -2.33. The van der Waals surface area contributed by atoms with Gasteiger partial charge in [0.25, 0.3) is 11.8 Å². The van der Waals surface area contributed by atoms with Gasteiger partial charge in [-0.15, -0.1) is 12.4 Å². The minimum atomic E-state index is -0.337. The number of carbonyl (C=O) groups excluding carboxylic acids is 2. The van der Waals surface area contributed by atoms with Crippen LogP contribution in [0.4, 0.5) is 4.39 Å². The lowest BCUT2D eigenvalue weighted by atomic mass is 9.91. The molecule has 35 heavy (non-hydrogen) atoms. The van der Waals surface area contributed by atoms with Gasteiger partial charge >= 0.3 is 0 Å². The van der Waals surface area contributed by atoms with Crippen LogP contribution in [0.15, 0.2) is 53.1 Å². The molecule has 0 atom stereocenters. The molecule has 1 fully saturated rings. The molecule has 4 rings (SSSR count). The van der Waals surface area contributed by atoms with E-state index < -0.39 is 0 Å². The molecule has 1 aliphatic rings. The summed E-state index contributed by atoms with van der Waals surface area (Å²) in [4.78, 5) is 29.5. The van der Waals surface area contributed by atoms with E-state index in [1.165, 1.54) is 12.1 Å². The first-order valence-corrected chi connectivity index (χ1v) is 11.6. The van der Waals surface area contributed by atoms with Crippen molar-refractivity contribution >= 4 is 35.2 Å². The summed E-state index contributed by atoms with van der Waals surface area (Å²) in [5, 5.41) is 4.77. The summed E-state index contributed by atoms with van der Waals surface area (Å²) in [5.74, 6) is 0.0507. The number of likely N-dealkylation sites (tertiary alicyclic amines) is 1. The van der Waals surface area contributed by atoms with Gasteiger partial charge < -0.3 is 19.8 Å². The predicted molar refractivity (Wildman–Crippen MR) is 135 cm³/mol. The van der Waals surface area contributed by atoms with Gasteiger partial charge in [-0.05, 0) is 81.8 Å². The predicted octanol–water partition coefficient (Wildman–Crippen LogP) is 4.75. The molecule has 1 aromatic heterocycles. The van der Waals surface area contributed by atoms with Gasteiger partial charge in [-0.3, -0.25) is 9.59 Å². The van der Waals surface area contributed by atoms with Gasteiger partial charge in [0.2, 0.25) is 0 Å². The number of piperidine rings is 1. The first-order chi connectivity index (χ1) is 15.9. The topological polar surface area (TPSA) is 98.2 Å². The number of nitrogens with zero attached hydrogens (tertiary/aromatic N) is 3. The van der Waals surface area contributed by atoms with Crippen LogP contribution in [0.5, 0.6) is 0 Å². The third-order valence-corrected chi connectivity index (χ3v) is 6.47. The maximum absolute atomic E-state index is 13.2. The molecule has 190 valence electrons. The van der Waals surface area contributed by atoms with E-state index in [-0.39, 0.29) is 41.6 Å². The van der Waals surface area contributed by atoms with Gasteiger partial charge in [0.05, 0.1) is 5.39 Å². The fourth-order valence-corrected chi connectivity index (χ4v) is 4.52. The van der Waals surface area contributed by atoms with Crippen LogP contribution in [0.1, 0.15) is 60.4 Å². The fraction of sp³-hybridized carbons (Fsp3) is 0.423. The second-order valence-electron chi connectivity index (χ2n) is 9.00. The van der Waals surface area contributed by atoms with Crippen LogP contribution in [0.2, 0.25) is 0 Å². The minimum absolute atomic E-state index is 0. The Bertz CT molecular complexity index is 1110. The van der Waals surface area contributed by atoms with E-state index in [9.17, 15) is 14.0 Å². The van der Waals surface area contributed by atoms with Crippen molar-refractivity contribution in [1.29, 1.82) is 0 Å². The van der Waals surface area contributed by atoms with Gasteiger partial charge in [0.15, 0.2) is 11.3 Å². The molecule has 0 spiro atoms. The first kappa shape index (κ1) is 28.3. The number of fused-ring (bicyclic) bond motifs is 1. The highest BCUT2D eigenvalue weighted by Crippen LogP contribution is 2.25. The van der Waals surface area contributed by atoms with Crippen molar-refractivity contribution in [3.05, 3.63) is 65.6 Å². The van der Waals surface area contributed by atoms with E-state index in [2.05, 4.69) is 5.16 Å². The SMILES string of the molecule is CC(C)N(CCCC1CCN(C(=O)c2ccc(F)cc2)CC1)C(=O)c1noc2ccccc12.Cl.O. The van der Waals surface area contributed by atoms with Crippen molar-refractivity contribution in [2.45, 2.75) is 45.6 Å². The van der Waals surface area contributed by atoms with Crippen molar-refractivity contribution in [3.8, 4) is 0 Å². The summed E-state index contributed by atoms with van der Waals surface area (Å²) in [6, 6.07) is 13.2. The monoisotopic (exact) mass is 505 g/mol. The summed E-state index contributed by atoms with van der Waals surface area (Å²) < 4.78 is 18.4. The second-order valence-corrected chi connectivity index (χ2v) is 9.00. The standard InChI is InChI=1S/C26H30FN3O3.ClH.H2O/c1-18(2)30(26(32)24-22-7-3-4-8-23(22)33-28-24)15-5-6-19-13-16-29(17-14-19)25(31)20-9-11-21(27)12-10-20;;/h3-4,7-12,18-19H,5-6,13-17H2,1-2H3;1H;1H2. The van der Waals surface area contributed by atoms with Crippen LogP contribution in [0.25, 0.3) is 11.0 Å². The lowest BCUT2D eigenvalue weighted by molar-refractivity contribution is 0.0654. The summed E-state index contributed by atoms with van der Waals surface area (Å²) >= 11 is 0. The number of amides is 2. The molecule has 7 nitrogen and oxygen atoms in total. The average molecular weight is 506 g/mol. The maximum Gasteiger partial charge on any atom is 0.276 e. The van der Waals surface area contributed by atoms with Crippen LogP contribution in [0.3, 0.4) is 0 Å². The Kier molecular flexibility index (Phi) is 10.2. The summed E-state index contributed by atoms with van der Waals surface area (Å²) in [6.45, 7) is 6.10. The van der Waals surface area contributed by atoms with Crippen LogP contribution in [-0.2, 0) is 0 Å². The normalized spacial score (nSPS) is 13.9. The van der Waals surface area contributed by atoms with Crippen LogP contribution in [-0.4, -0.2) is 57.9 Å². The zero-order chi connectivity index (χ0) is 23.4. The van der Waals surface area contributed by atoms with Crippen molar-refractivity contribution in [2.24, 2.45) is 5.92 Å². The van der Waals surface area contributed by atoms with E-state index in [0.29, 0.717) is 42.4 Å². The molecule has 0 aliphatic carbocycles. The van der Waals surface area contributed by atoms with Gasteiger partial charge in [-0.25, -0.2) is 4.39 Å². The Balaban J connectivity index is 0.00000216.